The van der Waals surface area contributed by atoms with E-state index in [-0.39, 0.29) is 0 Å². The summed E-state index contributed by atoms with van der Waals surface area (Å²) in [7, 11) is 1.76. The lowest BCUT2D eigenvalue weighted by molar-refractivity contribution is 0.150. The van der Waals surface area contributed by atoms with Crippen molar-refractivity contribution in [2.45, 2.75) is 44.6 Å². The van der Waals surface area contributed by atoms with E-state index in [4.69, 9.17) is 4.74 Å². The molecule has 1 aromatic rings. The fourth-order valence-corrected chi connectivity index (χ4v) is 3.44. The van der Waals surface area contributed by atoms with E-state index in [2.05, 4.69) is 23.1 Å². The van der Waals surface area contributed by atoms with Crippen LogP contribution in [0.5, 0.6) is 5.75 Å². The molecular formula is C16H23NO. The minimum atomic E-state index is 0.768. The van der Waals surface area contributed by atoms with Crippen LogP contribution in [0.15, 0.2) is 18.2 Å². The Morgan fingerprint density at radius 1 is 1.11 bits per heavy atom. The van der Waals surface area contributed by atoms with Crippen molar-refractivity contribution in [1.82, 2.24) is 4.90 Å². The third kappa shape index (κ3) is 2.39. The molecule has 2 heteroatoms. The lowest BCUT2D eigenvalue weighted by Crippen LogP contribution is -2.42. The molecule has 0 unspecified atom stereocenters. The van der Waals surface area contributed by atoms with Gasteiger partial charge in [0.25, 0.3) is 0 Å². The number of nitrogens with zero attached hydrogens (tertiary/aromatic N) is 1. The van der Waals surface area contributed by atoms with Crippen LogP contribution < -0.4 is 4.74 Å². The smallest absolute Gasteiger partial charge is 0.119 e. The van der Waals surface area contributed by atoms with Gasteiger partial charge in [-0.25, -0.2) is 0 Å². The van der Waals surface area contributed by atoms with Gasteiger partial charge in [0.2, 0.25) is 0 Å². The zero-order chi connectivity index (χ0) is 12.4. The van der Waals surface area contributed by atoms with Crippen molar-refractivity contribution in [2.75, 3.05) is 20.2 Å². The Balaban J connectivity index is 1.74. The number of likely N-dealkylation sites (tertiary alicyclic amines) is 1. The molecule has 1 fully saturated rings. The number of fused-ring (bicyclic) bond motifs is 1. The second-order valence-electron chi connectivity index (χ2n) is 5.63. The molecule has 18 heavy (non-hydrogen) atoms. The summed E-state index contributed by atoms with van der Waals surface area (Å²) in [6, 6.07) is 7.36. The number of aryl methyl sites for hydroxylation is 1. The Bertz CT molecular complexity index is 410. The zero-order valence-electron chi connectivity index (χ0n) is 11.3. The van der Waals surface area contributed by atoms with Crippen LogP contribution in [0.2, 0.25) is 0 Å². The van der Waals surface area contributed by atoms with E-state index in [1.165, 1.54) is 62.7 Å². The van der Waals surface area contributed by atoms with Crippen LogP contribution in [0.1, 0.15) is 36.8 Å². The van der Waals surface area contributed by atoms with Crippen LogP contribution >= 0.6 is 0 Å². The summed E-state index contributed by atoms with van der Waals surface area (Å²) in [4.78, 5) is 2.71. The number of benzene rings is 1. The fraction of sp³-hybridized carbons (Fsp3) is 0.625. The van der Waals surface area contributed by atoms with Gasteiger partial charge in [-0.05, 0) is 68.5 Å². The topological polar surface area (TPSA) is 12.5 Å². The molecule has 1 aliphatic carbocycles. The third-order valence-corrected chi connectivity index (χ3v) is 4.52. The predicted octanol–water partition coefficient (Wildman–Crippen LogP) is 3.04. The average Bonchev–Trinajstić information content (AvgIpc) is 2.47. The predicted molar refractivity (Wildman–Crippen MR) is 74.2 cm³/mol. The Labute approximate surface area is 110 Å². The molecular weight excluding hydrogens is 222 g/mol. The molecule has 0 N–H and O–H groups in total. The van der Waals surface area contributed by atoms with Gasteiger partial charge >= 0.3 is 0 Å². The van der Waals surface area contributed by atoms with E-state index < -0.39 is 0 Å². The molecule has 0 spiro atoms. The van der Waals surface area contributed by atoms with Gasteiger partial charge in [-0.3, -0.25) is 0 Å². The van der Waals surface area contributed by atoms with Crippen molar-refractivity contribution in [3.05, 3.63) is 29.3 Å². The van der Waals surface area contributed by atoms with E-state index in [1.54, 1.807) is 7.11 Å². The van der Waals surface area contributed by atoms with Crippen molar-refractivity contribution < 1.29 is 4.74 Å². The maximum Gasteiger partial charge on any atom is 0.119 e. The Morgan fingerprint density at radius 3 is 2.72 bits per heavy atom. The first kappa shape index (κ1) is 12.0. The minimum absolute atomic E-state index is 0.768. The molecule has 1 heterocycles. The summed E-state index contributed by atoms with van der Waals surface area (Å²) in [5.41, 5.74) is 3.04. The number of hydrogen-bond acceptors (Lipinski definition) is 2. The zero-order valence-corrected chi connectivity index (χ0v) is 11.3. The maximum absolute atomic E-state index is 5.35. The molecule has 1 aliphatic heterocycles. The summed E-state index contributed by atoms with van der Waals surface area (Å²) >= 11 is 0. The van der Waals surface area contributed by atoms with Crippen LogP contribution in [0.3, 0.4) is 0 Å². The van der Waals surface area contributed by atoms with Gasteiger partial charge in [-0.1, -0.05) is 12.5 Å². The summed E-state index contributed by atoms with van der Waals surface area (Å²) in [5, 5.41) is 0. The molecule has 0 saturated carbocycles. The molecule has 1 saturated heterocycles. The maximum atomic E-state index is 5.35. The van der Waals surface area contributed by atoms with Gasteiger partial charge in [0, 0.05) is 6.04 Å². The Morgan fingerprint density at radius 2 is 1.94 bits per heavy atom. The van der Waals surface area contributed by atoms with E-state index in [1.807, 2.05) is 0 Å². The van der Waals surface area contributed by atoms with Crippen molar-refractivity contribution in [3.63, 3.8) is 0 Å². The second-order valence-corrected chi connectivity index (χ2v) is 5.63. The molecule has 1 atom stereocenters. The fourth-order valence-electron chi connectivity index (χ4n) is 3.44. The highest BCUT2D eigenvalue weighted by molar-refractivity contribution is 5.37. The molecule has 2 nitrogen and oxygen atoms in total. The summed E-state index contributed by atoms with van der Waals surface area (Å²) in [6.07, 6.45) is 7.99. The molecule has 0 amide bonds. The highest BCUT2D eigenvalue weighted by Gasteiger charge is 2.25. The molecule has 3 rings (SSSR count). The normalized spacial score (nSPS) is 24.6. The first-order valence-electron chi connectivity index (χ1n) is 7.26. The second kappa shape index (κ2) is 5.31. The van der Waals surface area contributed by atoms with Crippen molar-refractivity contribution in [2.24, 2.45) is 0 Å². The molecule has 0 bridgehead atoms. The van der Waals surface area contributed by atoms with E-state index in [0.717, 1.165) is 11.8 Å². The Hall–Kier alpha value is -1.02. The first-order valence-corrected chi connectivity index (χ1v) is 7.26. The number of rotatable bonds is 2. The average molecular weight is 245 g/mol. The van der Waals surface area contributed by atoms with Crippen molar-refractivity contribution in [3.8, 4) is 5.75 Å². The quantitative estimate of drug-likeness (QED) is 0.794. The van der Waals surface area contributed by atoms with Crippen LogP contribution in [0.4, 0.5) is 0 Å². The van der Waals surface area contributed by atoms with Gasteiger partial charge in [0.15, 0.2) is 0 Å². The van der Waals surface area contributed by atoms with Crippen LogP contribution in [-0.4, -0.2) is 31.1 Å². The molecule has 1 aromatic carbocycles. The molecule has 0 radical (unpaired) electrons. The van der Waals surface area contributed by atoms with Gasteiger partial charge in [-0.2, -0.15) is 0 Å². The SMILES string of the molecule is COc1ccc2c(c1)C[C@H](N1CCCCC1)CC2. The number of ether oxygens (including phenoxy) is 1. The van der Waals surface area contributed by atoms with E-state index in [9.17, 15) is 0 Å². The first-order chi connectivity index (χ1) is 8.86. The summed E-state index contributed by atoms with van der Waals surface area (Å²) in [5.74, 6) is 1.01. The van der Waals surface area contributed by atoms with E-state index >= 15 is 0 Å². The van der Waals surface area contributed by atoms with Crippen LogP contribution in [0.25, 0.3) is 0 Å². The van der Waals surface area contributed by atoms with E-state index in [0.29, 0.717) is 0 Å². The monoisotopic (exact) mass is 245 g/mol. The standard InChI is InChI=1S/C16H23NO/c1-18-16-8-6-13-5-7-15(11-14(13)12-16)17-9-3-2-4-10-17/h6,8,12,15H,2-5,7,9-11H2,1H3/t15-/m1/s1. The van der Waals surface area contributed by atoms with Crippen LogP contribution in [-0.2, 0) is 12.8 Å². The Kier molecular flexibility index (Phi) is 3.55. The van der Waals surface area contributed by atoms with Gasteiger partial charge in [0.1, 0.15) is 5.75 Å². The largest absolute Gasteiger partial charge is 0.497 e. The van der Waals surface area contributed by atoms with Crippen molar-refractivity contribution >= 4 is 0 Å². The number of piperidine rings is 1. The molecule has 0 aromatic heterocycles. The summed E-state index contributed by atoms with van der Waals surface area (Å²) in [6.45, 7) is 2.62. The highest BCUT2D eigenvalue weighted by Crippen LogP contribution is 2.29. The lowest BCUT2D eigenvalue weighted by Gasteiger charge is -2.37. The highest BCUT2D eigenvalue weighted by atomic mass is 16.5. The van der Waals surface area contributed by atoms with Crippen LogP contribution in [0, 0.1) is 0 Å². The lowest BCUT2D eigenvalue weighted by atomic mass is 9.86. The molecule has 98 valence electrons. The summed E-state index contributed by atoms with van der Waals surface area (Å²) < 4.78 is 5.35. The van der Waals surface area contributed by atoms with Crippen molar-refractivity contribution in [1.29, 1.82) is 0 Å². The van der Waals surface area contributed by atoms with Gasteiger partial charge in [-0.15, -0.1) is 0 Å². The molecule has 2 aliphatic rings. The van der Waals surface area contributed by atoms with Gasteiger partial charge < -0.3 is 9.64 Å². The minimum Gasteiger partial charge on any atom is -0.497 e. The number of hydrogen-bond donors (Lipinski definition) is 0. The third-order valence-electron chi connectivity index (χ3n) is 4.52. The number of methoxy groups -OCH3 is 1. The van der Waals surface area contributed by atoms with Gasteiger partial charge in [0.05, 0.1) is 7.11 Å².